The molecule has 0 spiro atoms. The van der Waals surface area contributed by atoms with E-state index in [-0.39, 0.29) is 0 Å². The maximum Gasteiger partial charge on any atom is 0.0928 e. The van der Waals surface area contributed by atoms with Gasteiger partial charge in [-0.15, -0.1) is 11.8 Å². The van der Waals surface area contributed by atoms with Gasteiger partial charge in [-0.3, -0.25) is 0 Å². The Morgan fingerprint density at radius 3 is 2.81 bits per heavy atom. The molecule has 0 aromatic heterocycles. The van der Waals surface area contributed by atoms with Crippen molar-refractivity contribution in [1.29, 1.82) is 0 Å². The van der Waals surface area contributed by atoms with Gasteiger partial charge in [0.2, 0.25) is 0 Å². The van der Waals surface area contributed by atoms with Gasteiger partial charge in [-0.1, -0.05) is 35.6 Å². The fourth-order valence-corrected chi connectivity index (χ4v) is 4.35. The summed E-state index contributed by atoms with van der Waals surface area (Å²) in [6.45, 7) is 4.36. The maximum atomic E-state index is 2.35. The number of benzene rings is 1. The highest BCUT2D eigenvalue weighted by Gasteiger charge is 2.25. The number of hydrogen-bond donors (Lipinski definition) is 0. The van der Waals surface area contributed by atoms with Gasteiger partial charge in [0.05, 0.1) is 5.25 Å². The molecule has 16 heavy (non-hydrogen) atoms. The summed E-state index contributed by atoms with van der Waals surface area (Å²) < 4.78 is 0. The van der Waals surface area contributed by atoms with E-state index in [2.05, 4.69) is 44.2 Å². The lowest BCUT2D eigenvalue weighted by atomic mass is 10.1. The van der Waals surface area contributed by atoms with Crippen molar-refractivity contribution in [3.05, 3.63) is 51.6 Å². The highest BCUT2D eigenvalue weighted by molar-refractivity contribution is 8.10. The molecule has 0 saturated heterocycles. The predicted molar refractivity (Wildman–Crippen MR) is 72.6 cm³/mol. The molecule has 1 radical (unpaired) electrons. The number of aryl methyl sites for hydroxylation is 1. The van der Waals surface area contributed by atoms with Crippen molar-refractivity contribution in [3.63, 3.8) is 0 Å². The molecule has 0 atom stereocenters. The van der Waals surface area contributed by atoms with Crippen LogP contribution in [0.2, 0.25) is 0 Å². The van der Waals surface area contributed by atoms with E-state index in [1.54, 1.807) is 0 Å². The monoisotopic (exact) mass is 245 g/mol. The first-order valence-electron chi connectivity index (χ1n) is 5.43. The molecule has 0 N–H and O–H groups in total. The maximum absolute atomic E-state index is 2.35. The van der Waals surface area contributed by atoms with Gasteiger partial charge in [0.15, 0.2) is 0 Å². The Morgan fingerprint density at radius 1 is 1.06 bits per heavy atom. The van der Waals surface area contributed by atoms with Crippen molar-refractivity contribution in [3.8, 4) is 0 Å². The molecule has 1 heterocycles. The zero-order valence-corrected chi connectivity index (χ0v) is 11.0. The van der Waals surface area contributed by atoms with Gasteiger partial charge in [-0.2, -0.15) is 0 Å². The highest BCUT2D eigenvalue weighted by Crippen LogP contribution is 2.53. The second kappa shape index (κ2) is 4.01. The van der Waals surface area contributed by atoms with Crippen molar-refractivity contribution in [2.75, 3.05) is 0 Å². The van der Waals surface area contributed by atoms with Crippen LogP contribution in [-0.2, 0) is 0 Å². The van der Waals surface area contributed by atoms with Crippen LogP contribution in [0.25, 0.3) is 0 Å². The predicted octanol–water partition coefficient (Wildman–Crippen LogP) is 4.96. The van der Waals surface area contributed by atoms with Crippen LogP contribution < -0.4 is 0 Å². The molecule has 2 aliphatic rings. The van der Waals surface area contributed by atoms with Gasteiger partial charge in [0, 0.05) is 14.7 Å². The van der Waals surface area contributed by atoms with E-state index in [4.69, 9.17) is 0 Å². The average molecular weight is 245 g/mol. The minimum absolute atomic E-state index is 1.10. The topological polar surface area (TPSA) is 0 Å². The Kier molecular flexibility index (Phi) is 2.64. The summed E-state index contributed by atoms with van der Waals surface area (Å²) in [6, 6.07) is 6.72. The van der Waals surface area contributed by atoms with Crippen LogP contribution in [0, 0.1) is 12.2 Å². The summed E-state index contributed by atoms with van der Waals surface area (Å²) in [7, 11) is 0. The van der Waals surface area contributed by atoms with E-state index >= 15 is 0 Å². The van der Waals surface area contributed by atoms with Crippen molar-refractivity contribution in [1.82, 2.24) is 0 Å². The zero-order valence-electron chi connectivity index (χ0n) is 9.41. The molecule has 1 aromatic rings. The van der Waals surface area contributed by atoms with Gasteiger partial charge in [0.1, 0.15) is 0 Å². The highest BCUT2D eigenvalue weighted by atomic mass is 32.2. The van der Waals surface area contributed by atoms with Gasteiger partial charge in [0.25, 0.3) is 0 Å². The summed E-state index contributed by atoms with van der Waals surface area (Å²) in [5, 5.41) is 1.42. The van der Waals surface area contributed by atoms with Crippen LogP contribution in [-0.4, -0.2) is 0 Å². The molecule has 0 saturated carbocycles. The third kappa shape index (κ3) is 1.85. The number of allylic oxidation sites excluding steroid dienone is 2. The largest absolute Gasteiger partial charge is 0.106 e. The van der Waals surface area contributed by atoms with Crippen molar-refractivity contribution < 1.29 is 0 Å². The van der Waals surface area contributed by atoms with E-state index in [0.29, 0.717) is 0 Å². The summed E-state index contributed by atoms with van der Waals surface area (Å²) in [5.74, 6) is 0. The molecule has 0 fully saturated rings. The van der Waals surface area contributed by atoms with Crippen molar-refractivity contribution in [2.45, 2.75) is 30.1 Å². The van der Waals surface area contributed by atoms with Crippen LogP contribution in [0.4, 0.5) is 0 Å². The second-order valence-electron chi connectivity index (χ2n) is 4.28. The summed E-state index contributed by atoms with van der Waals surface area (Å²) in [5.41, 5.74) is 2.81. The molecule has 0 bridgehead atoms. The first-order valence-corrected chi connectivity index (χ1v) is 7.07. The van der Waals surface area contributed by atoms with E-state index in [1.165, 1.54) is 31.1 Å². The molecule has 1 aliphatic carbocycles. The van der Waals surface area contributed by atoms with Gasteiger partial charge in [-0.05, 0) is 38.0 Å². The van der Waals surface area contributed by atoms with E-state index in [1.807, 2.05) is 23.5 Å². The Labute approximate surface area is 105 Å². The number of thioether (sulfide) groups is 2. The van der Waals surface area contributed by atoms with Crippen molar-refractivity contribution >= 4 is 23.5 Å². The summed E-state index contributed by atoms with van der Waals surface area (Å²) >= 11 is 3.82. The van der Waals surface area contributed by atoms with E-state index in [0.717, 1.165) is 6.42 Å². The fraction of sp³-hybridized carbons (Fsp3) is 0.214. The Balaban J connectivity index is 2.01. The third-order valence-electron chi connectivity index (χ3n) is 2.77. The lowest BCUT2D eigenvalue weighted by Gasteiger charge is -2.26. The molecule has 81 valence electrons. The molecule has 1 aliphatic heterocycles. The zero-order chi connectivity index (χ0) is 11.1. The number of rotatable bonds is 0. The molecule has 1 aromatic carbocycles. The fourth-order valence-electron chi connectivity index (χ4n) is 1.90. The van der Waals surface area contributed by atoms with E-state index < -0.39 is 0 Å². The Morgan fingerprint density at radius 2 is 1.94 bits per heavy atom. The first-order chi connectivity index (χ1) is 7.72. The molecular formula is C14H13S2. The smallest absolute Gasteiger partial charge is 0.0928 e. The lowest BCUT2D eigenvalue weighted by Crippen LogP contribution is -2.02. The molecule has 0 nitrogen and oxygen atoms in total. The standard InChI is InChI=1S/C14H13S2/c1-9-3-5-11-13(7-9)15-12-6-4-10(2)8-14(12)16-11/h3,5-8H,4H2,1-2H3. The summed E-state index contributed by atoms with van der Waals surface area (Å²) in [6.07, 6.45) is 5.79. The Bertz CT molecular complexity index is 497. The Hall–Kier alpha value is -0.600. The summed E-state index contributed by atoms with van der Waals surface area (Å²) in [4.78, 5) is 4.25. The van der Waals surface area contributed by atoms with Crippen LogP contribution >= 0.6 is 23.5 Å². The molecule has 0 amide bonds. The minimum atomic E-state index is 1.10. The molecule has 0 unspecified atom stereocenters. The van der Waals surface area contributed by atoms with Crippen LogP contribution in [0.5, 0.6) is 0 Å². The number of fused-ring (bicyclic) bond motifs is 2. The average Bonchev–Trinajstić information content (AvgIpc) is 2.26. The van der Waals surface area contributed by atoms with Crippen LogP contribution in [0.3, 0.4) is 0 Å². The van der Waals surface area contributed by atoms with Crippen molar-refractivity contribution in [2.24, 2.45) is 0 Å². The van der Waals surface area contributed by atoms with Gasteiger partial charge < -0.3 is 0 Å². The van der Waals surface area contributed by atoms with Crippen LogP contribution in [0.15, 0.2) is 50.6 Å². The number of hydrogen-bond acceptors (Lipinski definition) is 2. The molecule has 3 rings (SSSR count). The minimum Gasteiger partial charge on any atom is -0.106 e. The van der Waals surface area contributed by atoms with Crippen LogP contribution in [0.1, 0.15) is 18.9 Å². The normalized spacial score (nSPS) is 19.6. The second-order valence-corrected chi connectivity index (χ2v) is 6.45. The lowest BCUT2D eigenvalue weighted by molar-refractivity contribution is 1.14. The van der Waals surface area contributed by atoms with Gasteiger partial charge >= 0.3 is 0 Å². The quantitative estimate of drug-likeness (QED) is 0.633. The van der Waals surface area contributed by atoms with Gasteiger partial charge in [-0.25, -0.2) is 0 Å². The molecular weight excluding hydrogens is 232 g/mol. The molecule has 2 heteroatoms. The third-order valence-corrected chi connectivity index (χ3v) is 5.32. The first kappa shape index (κ1) is 10.5. The van der Waals surface area contributed by atoms with E-state index in [9.17, 15) is 0 Å². The SMILES string of the molecule is CC1=C[C]2Sc3ccc(C)cc3SC2=CC1.